The maximum atomic E-state index is 12.8. The fourth-order valence-corrected chi connectivity index (χ4v) is 8.89. The fraction of sp³-hybridized carbons (Fsp3) is 0.697. The van der Waals surface area contributed by atoms with Gasteiger partial charge in [-0.1, -0.05) is 245 Å². The maximum Gasteiger partial charge on any atom is 0.472 e. The fourth-order valence-electron chi connectivity index (χ4n) is 8.15. The van der Waals surface area contributed by atoms with Gasteiger partial charge in [-0.05, 0) is 96.3 Å². The van der Waals surface area contributed by atoms with Crippen molar-refractivity contribution in [3.8, 4) is 0 Å². The van der Waals surface area contributed by atoms with Crippen LogP contribution in [0.5, 0.6) is 0 Å². The third-order valence-electron chi connectivity index (χ3n) is 12.8. The molecule has 2 unspecified atom stereocenters. The minimum atomic E-state index is -4.40. The average Bonchev–Trinajstić information content (AvgIpc) is 3.38. The van der Waals surface area contributed by atoms with Crippen LogP contribution in [0.3, 0.4) is 0 Å². The summed E-state index contributed by atoms with van der Waals surface area (Å²) in [5.74, 6) is -0.805. The van der Waals surface area contributed by atoms with Crippen molar-refractivity contribution in [3.63, 3.8) is 0 Å². The molecule has 0 aliphatic rings. The highest BCUT2D eigenvalue weighted by atomic mass is 31.2. The number of ether oxygens (including phenoxy) is 2. The minimum absolute atomic E-state index is 0.0262. The summed E-state index contributed by atoms with van der Waals surface area (Å²) >= 11 is 0. The molecule has 0 aromatic rings. The lowest BCUT2D eigenvalue weighted by atomic mass is 10.0. The van der Waals surface area contributed by atoms with Crippen LogP contribution in [0, 0.1) is 0 Å². The summed E-state index contributed by atoms with van der Waals surface area (Å²) in [6, 6.07) is 0. The van der Waals surface area contributed by atoms with Gasteiger partial charge in [-0.15, -0.1) is 0 Å². The number of unbranched alkanes of at least 4 members (excludes halogenated alkanes) is 23. The van der Waals surface area contributed by atoms with Gasteiger partial charge in [-0.3, -0.25) is 18.6 Å². The Hall–Kier alpha value is -3.33. The topological polar surface area (TPSA) is 108 Å². The zero-order valence-electron chi connectivity index (χ0n) is 49.5. The smallest absolute Gasteiger partial charge is 0.462 e. The second-order valence-corrected chi connectivity index (χ2v) is 22.8. The normalized spacial score (nSPS) is 14.0. The number of likely N-dealkylation sites (N-methyl/N-ethyl adjacent to an activating group) is 1. The molecule has 0 spiro atoms. The first kappa shape index (κ1) is 72.7. The van der Waals surface area contributed by atoms with Gasteiger partial charge in [-0.25, -0.2) is 4.57 Å². The summed E-state index contributed by atoms with van der Waals surface area (Å²) in [5, 5.41) is 0. The standard InChI is InChI=1S/C66H114NO8P/c1-6-8-10-12-14-16-18-20-22-24-26-28-30-31-32-33-34-35-37-39-41-43-45-47-49-51-53-55-57-59-66(69)75-64(63-74-76(70,71)73-61-60-67(3,4)5)62-72-65(68)58-56-54-52-50-48-46-44-42-40-38-36-29-27-25-23-21-19-17-15-13-11-9-7-2/h8-11,14-17,20-23,26-29,31-32,64H,6-7,12-13,18-19,24-25,30,33-63H2,1-5H3/p+1/b10-8-,11-9-,16-14-,17-15-,22-20-,23-21-,28-26-,29-27-,32-31-. The molecule has 436 valence electrons. The quantitative estimate of drug-likeness (QED) is 0.0211. The second kappa shape index (κ2) is 56.4. The van der Waals surface area contributed by atoms with Crippen molar-refractivity contribution >= 4 is 19.8 Å². The van der Waals surface area contributed by atoms with Crippen LogP contribution in [-0.4, -0.2) is 74.9 Å². The summed E-state index contributed by atoms with van der Waals surface area (Å²) in [7, 11) is 1.47. The van der Waals surface area contributed by atoms with E-state index in [4.69, 9.17) is 18.5 Å². The molecular weight excluding hydrogens is 966 g/mol. The molecule has 0 bridgehead atoms. The van der Waals surface area contributed by atoms with E-state index in [-0.39, 0.29) is 32.0 Å². The van der Waals surface area contributed by atoms with Gasteiger partial charge in [0.05, 0.1) is 27.7 Å². The summed E-state index contributed by atoms with van der Waals surface area (Å²) in [4.78, 5) is 35.8. The van der Waals surface area contributed by atoms with Crippen molar-refractivity contribution < 1.29 is 42.1 Å². The number of hydrogen-bond donors (Lipinski definition) is 1. The molecule has 10 heteroatoms. The Balaban J connectivity index is 4.15. The lowest BCUT2D eigenvalue weighted by Gasteiger charge is -2.24. The van der Waals surface area contributed by atoms with Crippen molar-refractivity contribution in [3.05, 3.63) is 109 Å². The number of allylic oxidation sites excluding steroid dienone is 18. The molecule has 0 saturated carbocycles. The number of esters is 2. The third kappa shape index (κ3) is 59.9. The number of carbonyl (C=O) groups is 2. The van der Waals surface area contributed by atoms with E-state index in [1.165, 1.54) is 109 Å². The number of quaternary nitrogens is 1. The molecule has 0 heterocycles. The zero-order chi connectivity index (χ0) is 55.6. The van der Waals surface area contributed by atoms with Gasteiger partial charge in [0.25, 0.3) is 0 Å². The summed E-state index contributed by atoms with van der Waals surface area (Å²) in [6.07, 6.45) is 78.7. The number of phosphoric acid groups is 1. The van der Waals surface area contributed by atoms with Gasteiger partial charge in [0, 0.05) is 12.8 Å². The second-order valence-electron chi connectivity index (χ2n) is 21.3. The number of hydrogen-bond acceptors (Lipinski definition) is 7. The number of rotatable bonds is 55. The van der Waals surface area contributed by atoms with E-state index in [0.717, 1.165) is 103 Å². The predicted octanol–water partition coefficient (Wildman–Crippen LogP) is 19.4. The van der Waals surface area contributed by atoms with Gasteiger partial charge in [0.2, 0.25) is 0 Å². The summed E-state index contributed by atoms with van der Waals surface area (Å²) in [6.45, 7) is 4.21. The Bertz CT molecular complexity index is 1650. The number of nitrogens with zero attached hydrogens (tertiary/aromatic N) is 1. The van der Waals surface area contributed by atoms with Crippen molar-refractivity contribution in [1.82, 2.24) is 0 Å². The van der Waals surface area contributed by atoms with Gasteiger partial charge in [0.15, 0.2) is 6.10 Å². The first-order valence-corrected chi connectivity index (χ1v) is 32.1. The van der Waals surface area contributed by atoms with E-state index >= 15 is 0 Å². The highest BCUT2D eigenvalue weighted by Gasteiger charge is 2.27. The average molecular weight is 1080 g/mol. The lowest BCUT2D eigenvalue weighted by Crippen LogP contribution is -2.37. The molecule has 0 aliphatic heterocycles. The molecule has 2 atom stereocenters. The van der Waals surface area contributed by atoms with Crippen molar-refractivity contribution in [2.75, 3.05) is 47.5 Å². The van der Waals surface area contributed by atoms with Crippen molar-refractivity contribution in [1.29, 1.82) is 0 Å². The number of carbonyl (C=O) groups excluding carboxylic acids is 2. The van der Waals surface area contributed by atoms with E-state index in [1.807, 2.05) is 21.1 Å². The molecule has 0 amide bonds. The first-order chi connectivity index (χ1) is 37.0. The highest BCUT2D eigenvalue weighted by molar-refractivity contribution is 7.47. The minimum Gasteiger partial charge on any atom is -0.462 e. The van der Waals surface area contributed by atoms with E-state index in [9.17, 15) is 19.0 Å². The van der Waals surface area contributed by atoms with Crippen LogP contribution >= 0.6 is 7.82 Å². The first-order valence-electron chi connectivity index (χ1n) is 30.6. The van der Waals surface area contributed by atoms with Crippen LogP contribution in [0.25, 0.3) is 0 Å². The Morgan fingerprint density at radius 1 is 0.408 bits per heavy atom. The summed E-state index contributed by atoms with van der Waals surface area (Å²) < 4.78 is 34.6. The number of phosphoric ester groups is 1. The zero-order valence-corrected chi connectivity index (χ0v) is 50.3. The molecule has 0 aromatic heterocycles. The van der Waals surface area contributed by atoms with Crippen LogP contribution in [0.2, 0.25) is 0 Å². The van der Waals surface area contributed by atoms with Crippen LogP contribution in [0.4, 0.5) is 0 Å². The summed E-state index contributed by atoms with van der Waals surface area (Å²) in [5.41, 5.74) is 0. The molecule has 0 rings (SSSR count). The van der Waals surface area contributed by atoms with Crippen molar-refractivity contribution in [2.45, 2.75) is 251 Å². The Morgan fingerprint density at radius 3 is 1.05 bits per heavy atom. The largest absolute Gasteiger partial charge is 0.472 e. The third-order valence-corrected chi connectivity index (χ3v) is 13.8. The predicted molar refractivity (Wildman–Crippen MR) is 325 cm³/mol. The molecule has 0 fully saturated rings. The molecular formula is C66H115NO8P+. The highest BCUT2D eigenvalue weighted by Crippen LogP contribution is 2.43. The SMILES string of the molecule is CC/C=C\C/C=C\C/C=C\C/C=C\C/C=C\CCCCCCCCCCCCCCCC(=O)OC(COC(=O)CCCCCCCCCCCC/C=C\C/C=C\C/C=C\C/C=C\CC)COP(=O)(O)OCC[N+](C)(C)C. The monoisotopic (exact) mass is 1080 g/mol. The van der Waals surface area contributed by atoms with E-state index in [1.54, 1.807) is 0 Å². The maximum absolute atomic E-state index is 12.8. The molecule has 0 saturated heterocycles. The van der Waals surface area contributed by atoms with Crippen LogP contribution in [0.1, 0.15) is 245 Å². The molecule has 0 aromatic carbocycles. The Labute approximate surface area is 467 Å². The molecule has 1 N–H and O–H groups in total. The molecule has 0 radical (unpaired) electrons. The molecule has 9 nitrogen and oxygen atoms in total. The lowest BCUT2D eigenvalue weighted by molar-refractivity contribution is -0.870. The van der Waals surface area contributed by atoms with Crippen LogP contribution < -0.4 is 0 Å². The van der Waals surface area contributed by atoms with Crippen LogP contribution in [0.15, 0.2) is 109 Å². The van der Waals surface area contributed by atoms with Gasteiger partial charge in [-0.2, -0.15) is 0 Å². The van der Waals surface area contributed by atoms with Crippen molar-refractivity contribution in [2.24, 2.45) is 0 Å². The molecule has 0 aliphatic carbocycles. The van der Waals surface area contributed by atoms with E-state index in [2.05, 4.69) is 123 Å². The van der Waals surface area contributed by atoms with E-state index in [0.29, 0.717) is 17.4 Å². The Kier molecular flexibility index (Phi) is 53.9. The van der Waals surface area contributed by atoms with Gasteiger partial charge in [0.1, 0.15) is 19.8 Å². The Morgan fingerprint density at radius 2 is 0.711 bits per heavy atom. The van der Waals surface area contributed by atoms with Gasteiger partial charge < -0.3 is 18.9 Å². The van der Waals surface area contributed by atoms with Gasteiger partial charge >= 0.3 is 19.8 Å². The van der Waals surface area contributed by atoms with Crippen LogP contribution in [-0.2, 0) is 32.7 Å². The molecule has 76 heavy (non-hydrogen) atoms. The van der Waals surface area contributed by atoms with E-state index < -0.39 is 26.5 Å².